The Morgan fingerprint density at radius 3 is 3.00 bits per heavy atom. The van der Waals surface area contributed by atoms with Gasteiger partial charge >= 0.3 is 0 Å². The van der Waals surface area contributed by atoms with Crippen molar-refractivity contribution < 1.29 is 4.39 Å². The molecule has 2 unspecified atom stereocenters. The number of halogens is 1. The molecule has 3 aliphatic rings. The summed E-state index contributed by atoms with van der Waals surface area (Å²) in [4.78, 5) is 6.90. The van der Waals surface area contributed by atoms with E-state index in [1.54, 1.807) is 12.1 Å². The standard InChI is InChI=1S/C23H24FN5/c1-14-3-4-16-5-6-18(24)11-19(16)23-12-17(23)9-10-28(23)22-8-7-21-25-13-20(15(2)26-14)29(21)27-22/h5-8,11,13-14,17,26H,2-4,9-10,12H2,1H3/t14-,17?,23?/m1/s1. The topological polar surface area (TPSA) is 45.5 Å². The minimum absolute atomic E-state index is 0.124. The lowest BCUT2D eigenvalue weighted by atomic mass is 9.92. The van der Waals surface area contributed by atoms with E-state index in [9.17, 15) is 4.39 Å². The first-order valence-corrected chi connectivity index (χ1v) is 10.4. The summed E-state index contributed by atoms with van der Waals surface area (Å²) in [7, 11) is 0. The lowest BCUT2D eigenvalue weighted by Crippen LogP contribution is -2.34. The summed E-state index contributed by atoms with van der Waals surface area (Å²) in [6.07, 6.45) is 5.88. The lowest BCUT2D eigenvalue weighted by molar-refractivity contribution is 0.579. The van der Waals surface area contributed by atoms with Crippen LogP contribution in [0.1, 0.15) is 43.0 Å². The van der Waals surface area contributed by atoms with Crippen LogP contribution in [0, 0.1) is 11.7 Å². The van der Waals surface area contributed by atoms with Crippen molar-refractivity contribution in [1.82, 2.24) is 19.9 Å². The lowest BCUT2D eigenvalue weighted by Gasteiger charge is -2.31. The highest BCUT2D eigenvalue weighted by Gasteiger charge is 2.64. The molecule has 0 radical (unpaired) electrons. The molecule has 1 saturated heterocycles. The molecule has 148 valence electrons. The third-order valence-electron chi connectivity index (χ3n) is 7.00. The van der Waals surface area contributed by atoms with Crippen molar-refractivity contribution in [3.8, 4) is 0 Å². The van der Waals surface area contributed by atoms with E-state index in [1.165, 1.54) is 5.56 Å². The molecule has 1 saturated carbocycles. The Hall–Kier alpha value is -2.89. The zero-order valence-electron chi connectivity index (χ0n) is 16.5. The molecule has 2 bridgehead atoms. The molecule has 1 aromatic carbocycles. The fraction of sp³-hybridized carbons (Fsp3) is 0.391. The second-order valence-corrected chi connectivity index (χ2v) is 8.73. The Morgan fingerprint density at radius 2 is 2.14 bits per heavy atom. The Bertz CT molecular complexity index is 1150. The van der Waals surface area contributed by atoms with Gasteiger partial charge in [-0.3, -0.25) is 0 Å². The molecule has 5 nitrogen and oxygen atoms in total. The van der Waals surface area contributed by atoms with Crippen molar-refractivity contribution in [2.75, 3.05) is 11.4 Å². The molecule has 2 fully saturated rings. The molecule has 4 heterocycles. The minimum Gasteiger partial charge on any atom is -0.381 e. The molecule has 6 heteroatoms. The number of rotatable bonds is 0. The van der Waals surface area contributed by atoms with Crippen molar-refractivity contribution in [3.05, 3.63) is 65.7 Å². The highest BCUT2D eigenvalue weighted by Crippen LogP contribution is 2.64. The normalized spacial score (nSPS) is 28.1. The van der Waals surface area contributed by atoms with Crippen LogP contribution in [0.5, 0.6) is 0 Å². The molecule has 6 rings (SSSR count). The summed E-state index contributed by atoms with van der Waals surface area (Å²) in [6.45, 7) is 7.34. The molecule has 2 aromatic heterocycles. The van der Waals surface area contributed by atoms with Crippen LogP contribution in [0.15, 0.2) is 43.1 Å². The first-order chi connectivity index (χ1) is 14.1. The van der Waals surface area contributed by atoms with E-state index >= 15 is 0 Å². The van der Waals surface area contributed by atoms with Crippen LogP contribution >= 0.6 is 0 Å². The number of aryl methyl sites for hydroxylation is 1. The third-order valence-corrected chi connectivity index (χ3v) is 7.00. The van der Waals surface area contributed by atoms with Gasteiger partial charge in [0.15, 0.2) is 5.65 Å². The quantitative estimate of drug-likeness (QED) is 0.634. The molecule has 3 aromatic rings. The third kappa shape index (κ3) is 2.38. The van der Waals surface area contributed by atoms with Gasteiger partial charge in [-0.25, -0.2) is 13.9 Å². The van der Waals surface area contributed by atoms with Crippen LogP contribution in [0.4, 0.5) is 10.2 Å². The van der Waals surface area contributed by atoms with E-state index in [1.807, 2.05) is 28.9 Å². The Balaban J connectivity index is 1.57. The van der Waals surface area contributed by atoms with Crippen molar-refractivity contribution >= 4 is 17.2 Å². The largest absolute Gasteiger partial charge is 0.381 e. The van der Waals surface area contributed by atoms with Crippen molar-refractivity contribution in [1.29, 1.82) is 0 Å². The molecular formula is C23H24FN5. The maximum absolute atomic E-state index is 14.3. The zero-order valence-corrected chi connectivity index (χ0v) is 16.5. The summed E-state index contributed by atoms with van der Waals surface area (Å²) in [6, 6.07) is 9.65. The van der Waals surface area contributed by atoms with E-state index in [2.05, 4.69) is 28.7 Å². The number of fused-ring (bicyclic) bond motifs is 3. The van der Waals surface area contributed by atoms with Crippen molar-refractivity contribution in [2.24, 2.45) is 5.92 Å². The SMILES string of the molecule is C=C1N[C@H](C)CCc2ccc(F)cc2C23CC2CCN3c2ccc3ncc1n3n2. The summed E-state index contributed by atoms with van der Waals surface area (Å²) < 4.78 is 16.2. The number of benzene rings is 1. The van der Waals surface area contributed by atoms with Gasteiger partial charge in [0, 0.05) is 12.6 Å². The van der Waals surface area contributed by atoms with Gasteiger partial charge in [0.1, 0.15) is 17.3 Å². The monoisotopic (exact) mass is 389 g/mol. The van der Waals surface area contributed by atoms with Crippen LogP contribution in [0.3, 0.4) is 0 Å². The minimum atomic E-state index is -0.153. The van der Waals surface area contributed by atoms with Crippen LogP contribution in [0.2, 0.25) is 0 Å². The number of hydrogen-bond acceptors (Lipinski definition) is 4. The Labute approximate surface area is 169 Å². The highest BCUT2D eigenvalue weighted by molar-refractivity contribution is 5.63. The fourth-order valence-corrected chi connectivity index (χ4v) is 5.47. The van der Waals surface area contributed by atoms with Crippen LogP contribution < -0.4 is 10.2 Å². The number of imidazole rings is 1. The number of nitrogens with one attached hydrogen (secondary N) is 1. The molecule has 29 heavy (non-hydrogen) atoms. The van der Waals surface area contributed by atoms with Crippen LogP contribution in [-0.2, 0) is 12.0 Å². The smallest absolute Gasteiger partial charge is 0.154 e. The van der Waals surface area contributed by atoms with Crippen LogP contribution in [-0.4, -0.2) is 27.2 Å². The van der Waals surface area contributed by atoms with Gasteiger partial charge in [-0.15, -0.1) is 5.10 Å². The van der Waals surface area contributed by atoms with Gasteiger partial charge in [0.2, 0.25) is 0 Å². The molecule has 1 aliphatic carbocycles. The zero-order chi connectivity index (χ0) is 19.8. The second-order valence-electron chi connectivity index (χ2n) is 8.73. The predicted molar refractivity (Wildman–Crippen MR) is 111 cm³/mol. The highest BCUT2D eigenvalue weighted by atomic mass is 19.1. The molecule has 0 amide bonds. The van der Waals surface area contributed by atoms with Crippen molar-refractivity contribution in [3.63, 3.8) is 0 Å². The van der Waals surface area contributed by atoms with Gasteiger partial charge in [0.05, 0.1) is 17.4 Å². The Kier molecular flexibility index (Phi) is 3.41. The first-order valence-electron chi connectivity index (χ1n) is 10.4. The fourth-order valence-electron chi connectivity index (χ4n) is 5.47. The number of anilines is 1. The van der Waals surface area contributed by atoms with Gasteiger partial charge in [-0.2, -0.15) is 0 Å². The first kappa shape index (κ1) is 17.0. The van der Waals surface area contributed by atoms with Crippen molar-refractivity contribution in [2.45, 2.75) is 44.2 Å². The average Bonchev–Trinajstić information content (AvgIpc) is 3.09. The van der Waals surface area contributed by atoms with E-state index in [0.29, 0.717) is 5.92 Å². The molecule has 2 aliphatic heterocycles. The van der Waals surface area contributed by atoms with E-state index in [0.717, 1.165) is 60.6 Å². The summed E-state index contributed by atoms with van der Waals surface area (Å²) in [5, 5.41) is 8.45. The molecule has 1 N–H and O–H groups in total. The summed E-state index contributed by atoms with van der Waals surface area (Å²) >= 11 is 0. The van der Waals surface area contributed by atoms with Gasteiger partial charge in [-0.05, 0) is 73.9 Å². The number of hydrogen-bond donors (Lipinski definition) is 1. The molecular weight excluding hydrogens is 365 g/mol. The van der Waals surface area contributed by atoms with Gasteiger partial charge in [-0.1, -0.05) is 12.6 Å². The van der Waals surface area contributed by atoms with E-state index in [-0.39, 0.29) is 17.4 Å². The van der Waals surface area contributed by atoms with Gasteiger partial charge in [0.25, 0.3) is 0 Å². The number of aromatic nitrogens is 3. The van der Waals surface area contributed by atoms with Gasteiger partial charge < -0.3 is 10.2 Å². The van der Waals surface area contributed by atoms with E-state index in [4.69, 9.17) is 5.10 Å². The molecule has 1 spiro atoms. The maximum Gasteiger partial charge on any atom is 0.154 e. The number of nitrogens with zero attached hydrogens (tertiary/aromatic N) is 4. The number of piperidine rings is 1. The van der Waals surface area contributed by atoms with E-state index < -0.39 is 0 Å². The second kappa shape index (κ2) is 5.81. The summed E-state index contributed by atoms with van der Waals surface area (Å²) in [5.74, 6) is 1.34. The molecule has 3 atom stereocenters. The summed E-state index contributed by atoms with van der Waals surface area (Å²) in [5.41, 5.74) is 4.80. The predicted octanol–water partition coefficient (Wildman–Crippen LogP) is 3.89. The van der Waals surface area contributed by atoms with Crippen LogP contribution in [0.25, 0.3) is 11.3 Å². The Morgan fingerprint density at radius 1 is 1.24 bits per heavy atom. The average molecular weight is 389 g/mol. The maximum atomic E-state index is 14.3.